The van der Waals surface area contributed by atoms with Crippen LogP contribution in [0.4, 0.5) is 10.2 Å². The van der Waals surface area contributed by atoms with E-state index in [0.29, 0.717) is 23.1 Å². The molecule has 0 bridgehead atoms. The van der Waals surface area contributed by atoms with E-state index in [1.54, 1.807) is 22.7 Å². The maximum absolute atomic E-state index is 14.0. The van der Waals surface area contributed by atoms with E-state index < -0.39 is 0 Å². The summed E-state index contributed by atoms with van der Waals surface area (Å²) in [6, 6.07) is 10.8. The number of fused-ring (bicyclic) bond motifs is 1. The molecule has 1 N–H and O–H groups in total. The monoisotopic (exact) mass is 311 g/mol. The van der Waals surface area contributed by atoms with Crippen molar-refractivity contribution in [3.63, 3.8) is 0 Å². The molecule has 0 spiro atoms. The molecule has 2 unspecified atom stereocenters. The molecule has 1 aromatic carbocycles. The molecule has 1 aliphatic carbocycles. The Morgan fingerprint density at radius 2 is 2.09 bits per heavy atom. The maximum Gasteiger partial charge on any atom is 0.188 e. The predicted octanol–water partition coefficient (Wildman–Crippen LogP) is 3.53. The van der Waals surface area contributed by atoms with E-state index in [4.69, 9.17) is 0 Å². The highest BCUT2D eigenvalue weighted by Gasteiger charge is 2.36. The van der Waals surface area contributed by atoms with E-state index >= 15 is 0 Å². The van der Waals surface area contributed by atoms with Gasteiger partial charge in [-0.15, -0.1) is 15.3 Å². The Balaban J connectivity index is 1.66. The van der Waals surface area contributed by atoms with Gasteiger partial charge in [-0.2, -0.15) is 4.52 Å². The Kier molecular flexibility index (Phi) is 3.44. The zero-order valence-electron chi connectivity index (χ0n) is 12.9. The zero-order chi connectivity index (χ0) is 15.8. The maximum atomic E-state index is 14.0. The number of anilines is 1. The number of aromatic nitrogens is 4. The molecule has 118 valence electrons. The second kappa shape index (κ2) is 5.61. The Labute approximate surface area is 133 Å². The fourth-order valence-electron chi connectivity index (χ4n) is 2.98. The Morgan fingerprint density at radius 1 is 1.22 bits per heavy atom. The van der Waals surface area contributed by atoms with Gasteiger partial charge in [-0.1, -0.05) is 25.5 Å². The molecule has 0 aliphatic heterocycles. The number of nitrogens with zero attached hydrogens (tertiary/aromatic N) is 4. The van der Waals surface area contributed by atoms with Gasteiger partial charge in [0.2, 0.25) is 0 Å². The third kappa shape index (κ3) is 2.65. The fraction of sp³-hybridized carbons (Fsp3) is 0.353. The van der Waals surface area contributed by atoms with Crippen molar-refractivity contribution in [2.45, 2.75) is 32.2 Å². The Hall–Kier alpha value is -2.50. The first kappa shape index (κ1) is 14.1. The third-order valence-electron chi connectivity index (χ3n) is 4.29. The van der Waals surface area contributed by atoms with Crippen molar-refractivity contribution < 1.29 is 4.39 Å². The van der Waals surface area contributed by atoms with Crippen molar-refractivity contribution in [2.75, 3.05) is 5.32 Å². The summed E-state index contributed by atoms with van der Waals surface area (Å²) in [6.45, 7) is 2.21. The van der Waals surface area contributed by atoms with Crippen LogP contribution in [0.2, 0.25) is 0 Å². The molecule has 2 atom stereocenters. The molecular formula is C17H18FN5. The van der Waals surface area contributed by atoms with Gasteiger partial charge in [0, 0.05) is 6.04 Å². The smallest absolute Gasteiger partial charge is 0.188 e. The van der Waals surface area contributed by atoms with Gasteiger partial charge in [0.15, 0.2) is 11.5 Å². The minimum atomic E-state index is -0.327. The molecule has 1 fully saturated rings. The lowest BCUT2D eigenvalue weighted by atomic mass is 10.2. The molecule has 2 heterocycles. The molecule has 1 aliphatic rings. The minimum Gasteiger partial charge on any atom is -0.366 e. The highest BCUT2D eigenvalue weighted by Crippen LogP contribution is 2.36. The number of benzene rings is 1. The largest absolute Gasteiger partial charge is 0.366 e. The van der Waals surface area contributed by atoms with Crippen molar-refractivity contribution in [3.8, 4) is 11.4 Å². The second-order valence-electron chi connectivity index (χ2n) is 6.03. The summed E-state index contributed by atoms with van der Waals surface area (Å²) in [5.41, 5.74) is 1.01. The Morgan fingerprint density at radius 3 is 2.91 bits per heavy atom. The molecule has 0 radical (unpaired) electrons. The van der Waals surface area contributed by atoms with Crippen LogP contribution in [0.1, 0.15) is 26.2 Å². The van der Waals surface area contributed by atoms with Gasteiger partial charge in [-0.3, -0.25) is 0 Å². The van der Waals surface area contributed by atoms with Gasteiger partial charge < -0.3 is 5.32 Å². The van der Waals surface area contributed by atoms with Crippen LogP contribution in [-0.2, 0) is 0 Å². The number of halogens is 1. The van der Waals surface area contributed by atoms with Crippen LogP contribution < -0.4 is 5.32 Å². The molecule has 3 aromatic rings. The lowest BCUT2D eigenvalue weighted by molar-refractivity contribution is 0.629. The molecule has 1 saturated carbocycles. The fourth-order valence-corrected chi connectivity index (χ4v) is 2.98. The van der Waals surface area contributed by atoms with Crippen molar-refractivity contribution >= 4 is 11.5 Å². The SMILES string of the molecule is CCCC1CC1Nc1ccc2nnc(-c3ccccc3F)n2n1. The molecule has 2 aromatic heterocycles. The van der Waals surface area contributed by atoms with Crippen LogP contribution in [0.25, 0.3) is 17.0 Å². The van der Waals surface area contributed by atoms with Crippen LogP contribution >= 0.6 is 0 Å². The van der Waals surface area contributed by atoms with E-state index in [2.05, 4.69) is 27.5 Å². The molecule has 6 heteroatoms. The molecule has 0 amide bonds. The summed E-state index contributed by atoms with van der Waals surface area (Å²) < 4.78 is 15.6. The van der Waals surface area contributed by atoms with Gasteiger partial charge in [-0.25, -0.2) is 4.39 Å². The van der Waals surface area contributed by atoms with Crippen molar-refractivity contribution in [2.24, 2.45) is 5.92 Å². The van der Waals surface area contributed by atoms with Crippen LogP contribution in [0, 0.1) is 11.7 Å². The van der Waals surface area contributed by atoms with E-state index in [1.165, 1.54) is 25.3 Å². The molecule has 4 rings (SSSR count). The lowest BCUT2D eigenvalue weighted by Crippen LogP contribution is -2.08. The first-order valence-corrected chi connectivity index (χ1v) is 8.00. The zero-order valence-corrected chi connectivity index (χ0v) is 12.9. The topological polar surface area (TPSA) is 55.1 Å². The third-order valence-corrected chi connectivity index (χ3v) is 4.29. The lowest BCUT2D eigenvalue weighted by Gasteiger charge is -2.06. The summed E-state index contributed by atoms with van der Waals surface area (Å²) in [5.74, 6) is 1.61. The number of hydrogen-bond donors (Lipinski definition) is 1. The summed E-state index contributed by atoms with van der Waals surface area (Å²) in [4.78, 5) is 0. The second-order valence-corrected chi connectivity index (χ2v) is 6.03. The number of rotatable bonds is 5. The van der Waals surface area contributed by atoms with Crippen LogP contribution in [-0.4, -0.2) is 25.9 Å². The number of hydrogen-bond acceptors (Lipinski definition) is 4. The van der Waals surface area contributed by atoms with Gasteiger partial charge in [0.1, 0.15) is 11.6 Å². The number of nitrogens with one attached hydrogen (secondary N) is 1. The van der Waals surface area contributed by atoms with Crippen molar-refractivity contribution in [1.82, 2.24) is 19.8 Å². The van der Waals surface area contributed by atoms with Crippen LogP contribution in [0.3, 0.4) is 0 Å². The summed E-state index contributed by atoms with van der Waals surface area (Å²) >= 11 is 0. The average Bonchev–Trinajstić information content (AvgIpc) is 3.14. The molecule has 23 heavy (non-hydrogen) atoms. The van der Waals surface area contributed by atoms with Gasteiger partial charge in [-0.05, 0) is 43.0 Å². The molecular weight excluding hydrogens is 293 g/mol. The van der Waals surface area contributed by atoms with Gasteiger partial charge in [0.25, 0.3) is 0 Å². The summed E-state index contributed by atoms with van der Waals surface area (Å²) in [5, 5.41) is 16.1. The predicted molar refractivity (Wildman–Crippen MR) is 86.6 cm³/mol. The van der Waals surface area contributed by atoms with E-state index in [-0.39, 0.29) is 5.82 Å². The van der Waals surface area contributed by atoms with E-state index in [1.807, 2.05) is 12.1 Å². The van der Waals surface area contributed by atoms with Crippen LogP contribution in [0.15, 0.2) is 36.4 Å². The standard InChI is InChI=1S/C17H18FN5/c1-2-5-11-10-14(11)19-15-8-9-16-20-21-17(23(16)22-15)12-6-3-4-7-13(12)18/h3-4,6-9,11,14H,2,5,10H2,1H3,(H,19,22). The molecule has 5 nitrogen and oxygen atoms in total. The first-order valence-electron chi connectivity index (χ1n) is 8.00. The van der Waals surface area contributed by atoms with Gasteiger partial charge in [0.05, 0.1) is 5.56 Å². The minimum absolute atomic E-state index is 0.327. The summed E-state index contributed by atoms with van der Waals surface area (Å²) in [6.07, 6.45) is 3.64. The van der Waals surface area contributed by atoms with Gasteiger partial charge >= 0.3 is 0 Å². The van der Waals surface area contributed by atoms with Crippen molar-refractivity contribution in [1.29, 1.82) is 0 Å². The average molecular weight is 311 g/mol. The normalized spacial score (nSPS) is 19.9. The molecule has 0 saturated heterocycles. The Bertz CT molecular complexity index is 844. The van der Waals surface area contributed by atoms with E-state index in [9.17, 15) is 4.39 Å². The summed E-state index contributed by atoms with van der Waals surface area (Å²) in [7, 11) is 0. The van der Waals surface area contributed by atoms with Crippen molar-refractivity contribution in [3.05, 3.63) is 42.2 Å². The van der Waals surface area contributed by atoms with E-state index in [0.717, 1.165) is 11.7 Å². The quantitative estimate of drug-likeness (QED) is 0.783. The first-order chi connectivity index (χ1) is 11.3. The van der Waals surface area contributed by atoms with Crippen LogP contribution in [0.5, 0.6) is 0 Å². The highest BCUT2D eigenvalue weighted by molar-refractivity contribution is 5.60. The highest BCUT2D eigenvalue weighted by atomic mass is 19.1.